The molecule has 3 N–H and O–H groups in total. The topological polar surface area (TPSA) is 120 Å². The molecule has 108 valence electrons. The lowest BCUT2D eigenvalue weighted by Crippen LogP contribution is -2.24. The molecule has 0 bridgehead atoms. The number of nitrogens with one attached hydrogen (secondary N) is 1. The third-order valence-electron chi connectivity index (χ3n) is 2.58. The first-order chi connectivity index (χ1) is 9.56. The number of aromatic nitrogens is 2. The van der Waals surface area contributed by atoms with Crippen molar-refractivity contribution in [3.8, 4) is 5.75 Å². The van der Waals surface area contributed by atoms with E-state index in [1.807, 2.05) is 0 Å². The highest BCUT2D eigenvalue weighted by Gasteiger charge is 2.20. The van der Waals surface area contributed by atoms with E-state index in [-0.39, 0.29) is 23.0 Å². The molecule has 0 spiro atoms. The Balaban J connectivity index is 2.24. The van der Waals surface area contributed by atoms with Gasteiger partial charge in [0.25, 0.3) is 0 Å². The smallest absolute Gasteiger partial charge is 0.244 e. The van der Waals surface area contributed by atoms with Crippen LogP contribution >= 0.6 is 0 Å². The highest BCUT2D eigenvalue weighted by Crippen LogP contribution is 2.24. The third-order valence-corrected chi connectivity index (χ3v) is 4.02. The lowest BCUT2D eigenvalue weighted by molar-refractivity contribution is 0.401. The van der Waals surface area contributed by atoms with Crippen LogP contribution in [0.25, 0.3) is 0 Å². The number of nitrogens with two attached hydrogens (primary N) is 1. The molecule has 0 aliphatic carbocycles. The second-order valence-corrected chi connectivity index (χ2v) is 5.60. The number of sulfonamides is 1. The van der Waals surface area contributed by atoms with Crippen LogP contribution in [-0.4, -0.2) is 25.7 Å². The predicted molar refractivity (Wildman–Crippen MR) is 69.2 cm³/mol. The first-order valence-electron chi connectivity index (χ1n) is 5.68. The van der Waals surface area contributed by atoms with E-state index in [4.69, 9.17) is 10.5 Å². The summed E-state index contributed by atoms with van der Waals surface area (Å²) in [6, 6.07) is 4.66. The molecule has 0 unspecified atom stereocenters. The van der Waals surface area contributed by atoms with Gasteiger partial charge in [-0.2, -0.15) is 4.98 Å². The zero-order chi connectivity index (χ0) is 14.6. The van der Waals surface area contributed by atoms with Gasteiger partial charge < -0.3 is 15.0 Å². The van der Waals surface area contributed by atoms with Gasteiger partial charge >= 0.3 is 0 Å². The molecular formula is C11H14N4O4S. The van der Waals surface area contributed by atoms with Crippen LogP contribution in [0.15, 0.2) is 34.0 Å². The molecule has 9 heteroatoms. The number of methoxy groups -OCH3 is 1. The van der Waals surface area contributed by atoms with Crippen LogP contribution in [0.1, 0.15) is 11.4 Å². The highest BCUT2D eigenvalue weighted by atomic mass is 32.2. The zero-order valence-electron chi connectivity index (χ0n) is 10.7. The minimum absolute atomic E-state index is 0.0284. The van der Waals surface area contributed by atoms with Gasteiger partial charge in [0.1, 0.15) is 10.6 Å². The van der Waals surface area contributed by atoms with Crippen LogP contribution in [0.4, 0.5) is 0 Å². The van der Waals surface area contributed by atoms with Crippen molar-refractivity contribution in [1.29, 1.82) is 0 Å². The Kier molecular flexibility index (Phi) is 4.32. The van der Waals surface area contributed by atoms with Crippen molar-refractivity contribution < 1.29 is 17.7 Å². The Hall–Kier alpha value is -1.97. The fraction of sp³-hybridized carbons (Fsp3) is 0.273. The van der Waals surface area contributed by atoms with Crippen molar-refractivity contribution in [2.75, 3.05) is 7.11 Å². The van der Waals surface area contributed by atoms with Crippen molar-refractivity contribution >= 4 is 10.0 Å². The number of ether oxygens (including phenoxy) is 1. The second-order valence-electron chi connectivity index (χ2n) is 3.86. The molecule has 0 fully saturated rings. The van der Waals surface area contributed by atoms with E-state index in [0.29, 0.717) is 6.54 Å². The molecule has 0 amide bonds. The van der Waals surface area contributed by atoms with Gasteiger partial charge in [0.05, 0.1) is 13.7 Å². The number of hydrogen-bond donors (Lipinski definition) is 2. The molecule has 20 heavy (non-hydrogen) atoms. The molecule has 2 rings (SSSR count). The quantitative estimate of drug-likeness (QED) is 0.771. The van der Waals surface area contributed by atoms with Gasteiger partial charge in [0.2, 0.25) is 16.4 Å². The third kappa shape index (κ3) is 3.13. The maximum Gasteiger partial charge on any atom is 0.244 e. The lowest BCUT2D eigenvalue weighted by atomic mass is 10.2. The Bertz CT molecular complexity index is 670. The summed E-state index contributed by atoms with van der Waals surface area (Å²) >= 11 is 0. The van der Waals surface area contributed by atoms with Crippen molar-refractivity contribution in [3.05, 3.63) is 36.0 Å². The normalized spacial score (nSPS) is 11.5. The molecule has 0 saturated heterocycles. The van der Waals surface area contributed by atoms with Crippen molar-refractivity contribution in [3.63, 3.8) is 0 Å². The van der Waals surface area contributed by atoms with Crippen LogP contribution in [0.2, 0.25) is 0 Å². The van der Waals surface area contributed by atoms with Gasteiger partial charge in [-0.15, -0.1) is 0 Å². The van der Waals surface area contributed by atoms with Gasteiger partial charge in [-0.25, -0.2) is 13.1 Å². The Labute approximate surface area is 116 Å². The van der Waals surface area contributed by atoms with E-state index in [9.17, 15) is 8.42 Å². The second kappa shape index (κ2) is 5.99. The average molecular weight is 298 g/mol. The SMILES string of the molecule is COc1cc(CN)ccc1S(=O)(=O)NCc1ncon1. The Morgan fingerprint density at radius 1 is 1.45 bits per heavy atom. The minimum Gasteiger partial charge on any atom is -0.495 e. The number of benzene rings is 1. The number of hydrogen-bond acceptors (Lipinski definition) is 7. The maximum atomic E-state index is 12.2. The molecule has 0 saturated carbocycles. The first-order valence-corrected chi connectivity index (χ1v) is 7.17. The standard InChI is InChI=1S/C11H14N4O4S/c1-18-9-4-8(5-12)2-3-10(9)20(16,17)14-6-11-13-7-19-15-11/h2-4,7,14H,5-6,12H2,1H3. The van der Waals surface area contributed by atoms with E-state index in [1.54, 1.807) is 12.1 Å². The van der Waals surface area contributed by atoms with E-state index in [0.717, 1.165) is 12.0 Å². The lowest BCUT2D eigenvalue weighted by Gasteiger charge is -2.11. The highest BCUT2D eigenvalue weighted by molar-refractivity contribution is 7.89. The molecule has 1 heterocycles. The summed E-state index contributed by atoms with van der Waals surface area (Å²) in [4.78, 5) is 3.76. The van der Waals surface area contributed by atoms with E-state index < -0.39 is 10.0 Å². The van der Waals surface area contributed by atoms with E-state index >= 15 is 0 Å². The molecule has 1 aromatic carbocycles. The van der Waals surface area contributed by atoms with E-state index in [2.05, 4.69) is 19.4 Å². The van der Waals surface area contributed by atoms with Gasteiger partial charge in [-0.1, -0.05) is 11.2 Å². The molecule has 0 aliphatic heterocycles. The summed E-state index contributed by atoms with van der Waals surface area (Å²) in [6.45, 7) is 0.230. The summed E-state index contributed by atoms with van der Waals surface area (Å²) in [7, 11) is -2.34. The zero-order valence-corrected chi connectivity index (χ0v) is 11.6. The van der Waals surface area contributed by atoms with Crippen molar-refractivity contribution in [1.82, 2.24) is 14.9 Å². The summed E-state index contributed by atoms with van der Waals surface area (Å²) < 4.78 is 36.4. The Morgan fingerprint density at radius 3 is 2.85 bits per heavy atom. The van der Waals surface area contributed by atoms with Crippen LogP contribution in [0, 0.1) is 0 Å². The maximum absolute atomic E-state index is 12.2. The fourth-order valence-corrected chi connectivity index (χ4v) is 2.70. The van der Waals surface area contributed by atoms with Gasteiger partial charge in [0, 0.05) is 6.54 Å². The largest absolute Gasteiger partial charge is 0.495 e. The number of rotatable bonds is 6. The van der Waals surface area contributed by atoms with Crippen LogP contribution < -0.4 is 15.2 Å². The molecule has 8 nitrogen and oxygen atoms in total. The van der Waals surface area contributed by atoms with Crippen molar-refractivity contribution in [2.45, 2.75) is 18.0 Å². The predicted octanol–water partition coefficient (Wildman–Crippen LogP) is 0.0154. The Morgan fingerprint density at radius 2 is 2.25 bits per heavy atom. The number of nitrogens with zero attached hydrogens (tertiary/aromatic N) is 2. The molecule has 0 radical (unpaired) electrons. The summed E-state index contributed by atoms with van der Waals surface area (Å²) in [5.74, 6) is 0.472. The first kappa shape index (κ1) is 14.4. The molecule has 2 aromatic rings. The molecular weight excluding hydrogens is 284 g/mol. The van der Waals surface area contributed by atoms with Crippen molar-refractivity contribution in [2.24, 2.45) is 5.73 Å². The molecule has 0 aliphatic rings. The van der Waals surface area contributed by atoms with Crippen LogP contribution in [0.5, 0.6) is 5.75 Å². The van der Waals surface area contributed by atoms with Gasteiger partial charge in [-0.3, -0.25) is 0 Å². The average Bonchev–Trinajstić information content (AvgIpc) is 2.97. The fourth-order valence-electron chi connectivity index (χ4n) is 1.57. The van der Waals surface area contributed by atoms with Crippen LogP contribution in [-0.2, 0) is 23.1 Å². The minimum atomic E-state index is -3.74. The van der Waals surface area contributed by atoms with Gasteiger partial charge in [-0.05, 0) is 17.7 Å². The molecule has 1 aromatic heterocycles. The van der Waals surface area contributed by atoms with Gasteiger partial charge in [0.15, 0.2) is 5.82 Å². The summed E-state index contributed by atoms with van der Waals surface area (Å²) in [6.07, 6.45) is 1.13. The van der Waals surface area contributed by atoms with Crippen LogP contribution in [0.3, 0.4) is 0 Å². The monoisotopic (exact) mass is 298 g/mol. The van der Waals surface area contributed by atoms with E-state index in [1.165, 1.54) is 13.2 Å². The summed E-state index contributed by atoms with van der Waals surface area (Å²) in [5.41, 5.74) is 6.28. The summed E-state index contributed by atoms with van der Waals surface area (Å²) in [5, 5.41) is 3.52. The molecule has 0 atom stereocenters.